The second-order valence-corrected chi connectivity index (χ2v) is 5.24. The number of hydrogen-bond acceptors (Lipinski definition) is 5. The van der Waals surface area contributed by atoms with Crippen LogP contribution in [0, 0.1) is 5.39 Å². The third-order valence-corrected chi connectivity index (χ3v) is 2.59. The van der Waals surface area contributed by atoms with Gasteiger partial charge in [-0.3, -0.25) is 9.59 Å². The van der Waals surface area contributed by atoms with Gasteiger partial charge in [0, 0.05) is 0 Å². The van der Waals surface area contributed by atoms with E-state index in [1.54, 1.807) is 20.8 Å². The summed E-state index contributed by atoms with van der Waals surface area (Å²) in [6.07, 6.45) is 0. The van der Waals surface area contributed by atoms with Crippen LogP contribution in [0.2, 0.25) is 0 Å². The van der Waals surface area contributed by atoms with Crippen LogP contribution < -0.4 is 5.01 Å². The molecule has 0 bridgehead atoms. The van der Waals surface area contributed by atoms with E-state index in [2.05, 4.69) is 5.08 Å². The van der Waals surface area contributed by atoms with Crippen LogP contribution in [-0.4, -0.2) is 23.3 Å². The number of hydrogen-bond donors (Lipinski definition) is 0. The number of benzene rings is 1. The molecule has 1 amide bonds. The number of ether oxygens (including phenoxy) is 1. The molecule has 20 heavy (non-hydrogen) atoms. The summed E-state index contributed by atoms with van der Waals surface area (Å²) in [5.74, 6) is -2.63. The van der Waals surface area contributed by atoms with E-state index in [1.807, 2.05) is 0 Å². The summed E-state index contributed by atoms with van der Waals surface area (Å²) in [5.41, 5.74) is -0.802. The molecule has 0 spiro atoms. The number of carbonyl (C=O) groups is 3. The average Bonchev–Trinajstić information content (AvgIpc) is 2.59. The van der Waals surface area contributed by atoms with Crippen molar-refractivity contribution in [1.82, 2.24) is 0 Å². The fourth-order valence-corrected chi connectivity index (χ4v) is 1.86. The molecule has 1 heterocycles. The van der Waals surface area contributed by atoms with Crippen LogP contribution in [0.4, 0.5) is 5.69 Å². The fourth-order valence-electron chi connectivity index (χ4n) is 1.86. The quantitative estimate of drug-likeness (QED) is 0.443. The molecule has 0 unspecified atom stereocenters. The Hall–Kier alpha value is -2.75. The zero-order chi connectivity index (χ0) is 15.1. The third kappa shape index (κ3) is 2.12. The summed E-state index contributed by atoms with van der Waals surface area (Å²) in [4.78, 5) is 35.6. The first kappa shape index (κ1) is 13.7. The molecule has 0 aromatic heterocycles. The van der Waals surface area contributed by atoms with Gasteiger partial charge in [-0.1, -0.05) is 6.07 Å². The largest absolute Gasteiger partial charge is 0.456 e. The van der Waals surface area contributed by atoms with Gasteiger partial charge in [0.1, 0.15) is 11.3 Å². The fraction of sp³-hybridized carbons (Fsp3) is 0.308. The molecule has 0 N–H and O–H groups in total. The minimum absolute atomic E-state index is 0.0260. The Balaban J connectivity index is 2.53. The molecule has 0 radical (unpaired) electrons. The van der Waals surface area contributed by atoms with E-state index in [0.717, 1.165) is 0 Å². The molecule has 1 aromatic rings. The van der Waals surface area contributed by atoms with Crippen LogP contribution in [0.15, 0.2) is 18.2 Å². The van der Waals surface area contributed by atoms with Gasteiger partial charge >= 0.3 is 17.0 Å². The summed E-state index contributed by atoms with van der Waals surface area (Å²) in [7, 11) is 0. The highest BCUT2D eigenvalue weighted by molar-refractivity contribution is 6.53. The predicted molar refractivity (Wildman–Crippen MR) is 68.5 cm³/mol. The maximum Gasteiger partial charge on any atom is 0.375 e. The highest BCUT2D eigenvalue weighted by Gasteiger charge is 2.47. The second kappa shape index (κ2) is 4.42. The monoisotopic (exact) mass is 274 g/mol. The number of amides is 1. The molecule has 0 saturated carbocycles. The number of fused-ring (bicyclic) bond motifs is 1. The Morgan fingerprint density at radius 2 is 1.95 bits per heavy atom. The lowest BCUT2D eigenvalue weighted by atomic mass is 10.0. The van der Waals surface area contributed by atoms with Gasteiger partial charge in [-0.15, -0.1) is 0 Å². The van der Waals surface area contributed by atoms with E-state index in [1.165, 1.54) is 18.2 Å². The van der Waals surface area contributed by atoms with Crippen molar-refractivity contribution in [1.29, 1.82) is 5.39 Å². The molecule has 0 aliphatic carbocycles. The molecule has 7 nitrogen and oxygen atoms in total. The van der Waals surface area contributed by atoms with Crippen LogP contribution in [0.1, 0.15) is 41.5 Å². The molecule has 2 rings (SSSR count). The Morgan fingerprint density at radius 1 is 1.30 bits per heavy atom. The normalized spacial score (nSPS) is 14.0. The van der Waals surface area contributed by atoms with Crippen molar-refractivity contribution in [3.05, 3.63) is 34.4 Å². The van der Waals surface area contributed by atoms with E-state index in [4.69, 9.17) is 10.1 Å². The Labute approximate surface area is 114 Å². The first-order chi connectivity index (χ1) is 9.26. The SMILES string of the molecule is CC(C)(C)OC(=O)c1cccc2c1C(=O)C(=O)N2[N+]#N. The minimum Gasteiger partial charge on any atom is -0.456 e. The number of esters is 1. The van der Waals surface area contributed by atoms with E-state index >= 15 is 0 Å². The number of carbonyl (C=O) groups excluding carboxylic acids is 3. The second-order valence-electron chi connectivity index (χ2n) is 5.24. The Morgan fingerprint density at radius 3 is 2.50 bits per heavy atom. The number of nitrogens with zero attached hydrogens (tertiary/aromatic N) is 3. The number of rotatable bonds is 1. The summed E-state index contributed by atoms with van der Waals surface area (Å²) in [5, 5.41) is 12.1. The number of Topliss-reactive ketones (excluding diaryl/α,β-unsaturated/α-hetero) is 1. The Bertz CT molecular complexity index is 667. The first-order valence-corrected chi connectivity index (χ1v) is 5.86. The van der Waals surface area contributed by atoms with Crippen molar-refractivity contribution < 1.29 is 19.1 Å². The molecule has 1 aliphatic heterocycles. The topological polar surface area (TPSA) is 91.8 Å². The van der Waals surface area contributed by atoms with Gasteiger partial charge < -0.3 is 4.74 Å². The zero-order valence-electron chi connectivity index (χ0n) is 11.2. The van der Waals surface area contributed by atoms with Gasteiger partial charge in [-0.2, -0.15) is 0 Å². The molecule has 1 aliphatic rings. The lowest BCUT2D eigenvalue weighted by molar-refractivity contribution is -0.113. The maximum absolute atomic E-state index is 12.1. The van der Waals surface area contributed by atoms with Crippen LogP contribution in [0.25, 0.3) is 5.08 Å². The maximum atomic E-state index is 12.1. The highest BCUT2D eigenvalue weighted by Crippen LogP contribution is 2.32. The van der Waals surface area contributed by atoms with Gasteiger partial charge in [0.25, 0.3) is 11.2 Å². The molecular weight excluding hydrogens is 262 g/mol. The molecule has 0 atom stereocenters. The van der Waals surface area contributed by atoms with Crippen molar-refractivity contribution in [2.45, 2.75) is 26.4 Å². The first-order valence-electron chi connectivity index (χ1n) is 5.86. The average molecular weight is 274 g/mol. The van der Waals surface area contributed by atoms with Crippen LogP contribution in [0.5, 0.6) is 0 Å². The van der Waals surface area contributed by atoms with Gasteiger partial charge in [-0.05, 0) is 32.9 Å². The molecule has 0 fully saturated rings. The van der Waals surface area contributed by atoms with Crippen molar-refractivity contribution >= 4 is 23.3 Å². The van der Waals surface area contributed by atoms with Crippen LogP contribution in [-0.2, 0) is 9.53 Å². The summed E-state index contributed by atoms with van der Waals surface area (Å²) < 4.78 is 5.19. The van der Waals surface area contributed by atoms with E-state index in [9.17, 15) is 14.4 Å². The third-order valence-electron chi connectivity index (χ3n) is 2.59. The molecule has 1 aromatic carbocycles. The minimum atomic E-state index is -1.02. The van der Waals surface area contributed by atoms with Gasteiger partial charge in [0.15, 0.2) is 0 Å². The number of ketones is 1. The molecule has 0 saturated heterocycles. The van der Waals surface area contributed by atoms with Crippen molar-refractivity contribution in [2.75, 3.05) is 5.01 Å². The van der Waals surface area contributed by atoms with Gasteiger partial charge in [0.05, 0.1) is 16.1 Å². The van der Waals surface area contributed by atoms with Crippen LogP contribution >= 0.6 is 0 Å². The smallest absolute Gasteiger partial charge is 0.375 e. The molecule has 7 heteroatoms. The number of anilines is 1. The Kier molecular flexibility index (Phi) is 3.02. The predicted octanol–water partition coefficient (Wildman–Crippen LogP) is 1.94. The molecule has 102 valence electrons. The summed E-state index contributed by atoms with van der Waals surface area (Å²) in [6, 6.07) is 4.27. The highest BCUT2D eigenvalue weighted by atomic mass is 16.6. The van der Waals surface area contributed by atoms with Gasteiger partial charge in [-0.25, -0.2) is 4.79 Å². The van der Waals surface area contributed by atoms with Gasteiger partial charge in [0.2, 0.25) is 0 Å². The standard InChI is InChI=1S/C13H12N3O4/c1-13(2,3)20-12(19)7-5-4-6-8-9(7)10(17)11(18)16(8)15-14/h4-6H,1-3H3/q+1. The lowest BCUT2D eigenvalue weighted by Crippen LogP contribution is -2.25. The van der Waals surface area contributed by atoms with E-state index in [0.29, 0.717) is 5.01 Å². The lowest BCUT2D eigenvalue weighted by Gasteiger charge is -2.19. The van der Waals surface area contributed by atoms with Crippen molar-refractivity contribution in [3.63, 3.8) is 0 Å². The summed E-state index contributed by atoms with van der Waals surface area (Å²) in [6.45, 7) is 5.07. The van der Waals surface area contributed by atoms with Crippen molar-refractivity contribution in [3.8, 4) is 0 Å². The molecular formula is C13H12N3O4+. The summed E-state index contributed by atoms with van der Waals surface area (Å²) >= 11 is 0. The zero-order valence-corrected chi connectivity index (χ0v) is 11.2. The van der Waals surface area contributed by atoms with E-state index in [-0.39, 0.29) is 16.8 Å². The van der Waals surface area contributed by atoms with E-state index < -0.39 is 23.3 Å². The van der Waals surface area contributed by atoms with Crippen molar-refractivity contribution in [2.24, 2.45) is 0 Å². The number of diazo groups is 1. The van der Waals surface area contributed by atoms with Crippen LogP contribution in [0.3, 0.4) is 0 Å².